The number of carbonyl (C=O) groups excluding carboxylic acids is 2. The lowest BCUT2D eigenvalue weighted by Gasteiger charge is -2.29. The second kappa shape index (κ2) is 11.4. The number of aromatic carboxylic acids is 1. The van der Waals surface area contributed by atoms with E-state index < -0.39 is 17.8 Å². The molecule has 3 aromatic rings. The van der Waals surface area contributed by atoms with Gasteiger partial charge in [-0.15, -0.1) is 0 Å². The van der Waals surface area contributed by atoms with E-state index in [1.165, 1.54) is 37.5 Å². The van der Waals surface area contributed by atoms with Crippen molar-refractivity contribution in [3.8, 4) is 17.6 Å². The van der Waals surface area contributed by atoms with Crippen molar-refractivity contribution in [2.24, 2.45) is 0 Å². The van der Waals surface area contributed by atoms with Crippen LogP contribution in [0.15, 0.2) is 66.2 Å². The molecule has 0 atom stereocenters. The second-order valence-electron chi connectivity index (χ2n) is 7.91. The van der Waals surface area contributed by atoms with E-state index in [1.807, 2.05) is 6.07 Å². The van der Waals surface area contributed by atoms with E-state index in [1.54, 1.807) is 30.3 Å². The second-order valence-corrected chi connectivity index (χ2v) is 9.45. The summed E-state index contributed by atoms with van der Waals surface area (Å²) >= 11 is 7.25. The molecule has 0 spiro atoms. The van der Waals surface area contributed by atoms with Crippen molar-refractivity contribution in [1.29, 1.82) is 5.26 Å². The molecular formula is C27H18IN3O6S. The highest BCUT2D eigenvalue weighted by Crippen LogP contribution is 2.36. The molecular weight excluding hydrogens is 621 g/mol. The maximum absolute atomic E-state index is 13.3. The summed E-state index contributed by atoms with van der Waals surface area (Å²) in [5.41, 5.74) is 1.68. The number of thiocarbonyl (C=S) groups is 1. The maximum atomic E-state index is 13.3. The number of nitriles is 1. The van der Waals surface area contributed by atoms with Crippen LogP contribution < -0.4 is 19.7 Å². The summed E-state index contributed by atoms with van der Waals surface area (Å²) in [5.74, 6) is -1.75. The first-order valence-electron chi connectivity index (χ1n) is 11.0. The Labute approximate surface area is 236 Å². The van der Waals surface area contributed by atoms with E-state index in [0.29, 0.717) is 31.8 Å². The van der Waals surface area contributed by atoms with Crippen LogP contribution in [0, 0.1) is 14.9 Å². The van der Waals surface area contributed by atoms with Crippen molar-refractivity contribution >= 4 is 69.5 Å². The monoisotopic (exact) mass is 639 g/mol. The standard InChI is InChI=1S/C27H18IN3O6S/c1-36-22-11-15(10-21(28)23(22)37-14-18-6-3-2-5-17(18)13-29)9-20-24(32)30-27(38)31(25(20)33)19-8-4-7-16(12-19)26(34)35/h2-12H,14H2,1H3,(H,34,35)(H,30,32,38). The largest absolute Gasteiger partial charge is 0.493 e. The number of carboxylic acid groups (broad SMARTS) is 1. The van der Waals surface area contributed by atoms with Crippen molar-refractivity contribution in [3.05, 3.63) is 92.1 Å². The average Bonchev–Trinajstić information content (AvgIpc) is 2.90. The third-order valence-electron chi connectivity index (χ3n) is 5.53. The number of nitrogens with one attached hydrogen (secondary N) is 1. The third kappa shape index (κ3) is 5.51. The molecule has 190 valence electrons. The van der Waals surface area contributed by atoms with E-state index in [0.717, 1.165) is 4.90 Å². The predicted octanol–water partition coefficient (Wildman–Crippen LogP) is 4.28. The molecule has 9 nitrogen and oxygen atoms in total. The highest BCUT2D eigenvalue weighted by atomic mass is 127. The minimum atomic E-state index is -1.16. The number of benzene rings is 3. The van der Waals surface area contributed by atoms with Gasteiger partial charge < -0.3 is 14.6 Å². The van der Waals surface area contributed by atoms with Gasteiger partial charge in [0, 0.05) is 5.56 Å². The summed E-state index contributed by atoms with van der Waals surface area (Å²) in [6.07, 6.45) is 1.40. The summed E-state index contributed by atoms with van der Waals surface area (Å²) in [6.45, 7) is 0.138. The SMILES string of the molecule is COc1cc(C=C2C(=O)NC(=S)N(c3cccc(C(=O)O)c3)C2=O)cc(I)c1OCc1ccccc1C#N. The molecule has 1 saturated heterocycles. The molecule has 1 heterocycles. The maximum Gasteiger partial charge on any atom is 0.335 e. The Morgan fingerprint density at radius 1 is 1.18 bits per heavy atom. The number of rotatable bonds is 7. The molecule has 4 rings (SSSR count). The molecule has 0 aliphatic carbocycles. The first kappa shape index (κ1) is 26.8. The van der Waals surface area contributed by atoms with E-state index in [4.69, 9.17) is 21.7 Å². The zero-order valence-electron chi connectivity index (χ0n) is 19.7. The Kier molecular flexibility index (Phi) is 8.04. The summed E-state index contributed by atoms with van der Waals surface area (Å²) in [4.78, 5) is 38.5. The van der Waals surface area contributed by atoms with Crippen LogP contribution >= 0.6 is 34.8 Å². The van der Waals surface area contributed by atoms with Crippen LogP contribution in [0.4, 0.5) is 5.69 Å². The Hall–Kier alpha value is -4.28. The van der Waals surface area contributed by atoms with Gasteiger partial charge in [-0.2, -0.15) is 5.26 Å². The fourth-order valence-corrected chi connectivity index (χ4v) is 4.77. The highest BCUT2D eigenvalue weighted by molar-refractivity contribution is 14.1. The lowest BCUT2D eigenvalue weighted by molar-refractivity contribution is -0.122. The van der Waals surface area contributed by atoms with E-state index in [2.05, 4.69) is 34.0 Å². The molecule has 2 N–H and O–H groups in total. The fraction of sp³-hybridized carbons (Fsp3) is 0.0741. The van der Waals surface area contributed by atoms with Crippen molar-refractivity contribution in [2.45, 2.75) is 6.61 Å². The van der Waals surface area contributed by atoms with Crippen molar-refractivity contribution in [3.63, 3.8) is 0 Å². The van der Waals surface area contributed by atoms with Gasteiger partial charge in [-0.05, 0) is 82.8 Å². The van der Waals surface area contributed by atoms with E-state index in [-0.39, 0.29) is 28.5 Å². The van der Waals surface area contributed by atoms with Crippen LogP contribution in [0.5, 0.6) is 11.5 Å². The van der Waals surface area contributed by atoms with Crippen molar-refractivity contribution in [1.82, 2.24) is 5.32 Å². The van der Waals surface area contributed by atoms with E-state index >= 15 is 0 Å². The first-order valence-corrected chi connectivity index (χ1v) is 12.5. The molecule has 2 amide bonds. The van der Waals surface area contributed by atoms with Crippen LogP contribution in [0.1, 0.15) is 27.0 Å². The van der Waals surface area contributed by atoms with Crippen LogP contribution in [0.2, 0.25) is 0 Å². The summed E-state index contributed by atoms with van der Waals surface area (Å²) in [6, 6.07) is 18.2. The number of anilines is 1. The number of methoxy groups -OCH3 is 1. The van der Waals surface area contributed by atoms with Gasteiger partial charge in [0.2, 0.25) is 0 Å². The molecule has 1 fully saturated rings. The van der Waals surface area contributed by atoms with Gasteiger partial charge in [-0.25, -0.2) is 4.79 Å². The van der Waals surface area contributed by atoms with E-state index in [9.17, 15) is 24.8 Å². The number of nitrogens with zero attached hydrogens (tertiary/aromatic N) is 2. The molecule has 38 heavy (non-hydrogen) atoms. The quantitative estimate of drug-likeness (QED) is 0.170. The first-order chi connectivity index (χ1) is 18.2. The van der Waals surface area contributed by atoms with Gasteiger partial charge in [0.25, 0.3) is 11.8 Å². The number of carbonyl (C=O) groups is 3. The fourth-order valence-electron chi connectivity index (χ4n) is 3.70. The molecule has 0 bridgehead atoms. The normalized spacial score (nSPS) is 14.2. The molecule has 0 unspecified atom stereocenters. The molecule has 11 heteroatoms. The van der Waals surface area contributed by atoms with Gasteiger partial charge in [0.1, 0.15) is 12.2 Å². The van der Waals surface area contributed by atoms with Crippen LogP contribution in [0.3, 0.4) is 0 Å². The van der Waals surface area contributed by atoms with Crippen LogP contribution in [-0.4, -0.2) is 35.1 Å². The molecule has 0 saturated carbocycles. The summed E-state index contributed by atoms with van der Waals surface area (Å²) in [5, 5.41) is 20.9. The Morgan fingerprint density at radius 2 is 1.95 bits per heavy atom. The van der Waals surface area contributed by atoms with Crippen LogP contribution in [-0.2, 0) is 16.2 Å². The number of hydrogen-bond acceptors (Lipinski definition) is 7. The van der Waals surface area contributed by atoms with Gasteiger partial charge in [0.05, 0.1) is 33.6 Å². The zero-order chi connectivity index (χ0) is 27.4. The zero-order valence-corrected chi connectivity index (χ0v) is 22.7. The summed E-state index contributed by atoms with van der Waals surface area (Å²) in [7, 11) is 1.46. The lowest BCUT2D eigenvalue weighted by Crippen LogP contribution is -2.54. The minimum Gasteiger partial charge on any atom is -0.493 e. The highest BCUT2D eigenvalue weighted by Gasteiger charge is 2.35. The van der Waals surface area contributed by atoms with Crippen LogP contribution in [0.25, 0.3) is 6.08 Å². The molecule has 3 aromatic carbocycles. The number of carboxylic acids is 1. The predicted molar refractivity (Wildman–Crippen MR) is 151 cm³/mol. The number of ether oxygens (including phenoxy) is 2. The van der Waals surface area contributed by atoms with Gasteiger partial charge in [-0.1, -0.05) is 24.3 Å². The number of halogens is 1. The smallest absolute Gasteiger partial charge is 0.335 e. The third-order valence-corrected chi connectivity index (χ3v) is 6.61. The summed E-state index contributed by atoms with van der Waals surface area (Å²) < 4.78 is 12.1. The van der Waals surface area contributed by atoms with Crippen molar-refractivity contribution in [2.75, 3.05) is 12.0 Å². The Balaban J connectivity index is 1.66. The average molecular weight is 639 g/mol. The van der Waals surface area contributed by atoms with Gasteiger partial charge in [0.15, 0.2) is 16.6 Å². The minimum absolute atomic E-state index is 0.0344. The Bertz CT molecular complexity index is 1560. The topological polar surface area (TPSA) is 129 Å². The molecule has 0 aromatic heterocycles. The lowest BCUT2D eigenvalue weighted by atomic mass is 10.1. The Morgan fingerprint density at radius 3 is 2.66 bits per heavy atom. The molecule has 1 aliphatic rings. The van der Waals surface area contributed by atoms with Gasteiger partial charge in [-0.3, -0.25) is 19.8 Å². The van der Waals surface area contributed by atoms with Gasteiger partial charge >= 0.3 is 5.97 Å². The molecule has 0 radical (unpaired) electrons. The number of hydrogen-bond donors (Lipinski definition) is 2. The number of amides is 2. The molecule has 1 aliphatic heterocycles. The van der Waals surface area contributed by atoms with Crippen molar-refractivity contribution < 1.29 is 29.0 Å².